The highest BCUT2D eigenvalue weighted by Gasteiger charge is 2.25. The molecule has 2 N–H and O–H groups in total. The lowest BCUT2D eigenvalue weighted by molar-refractivity contribution is -0.143. The van der Waals surface area contributed by atoms with Crippen molar-refractivity contribution in [3.8, 4) is 17.2 Å². The summed E-state index contributed by atoms with van der Waals surface area (Å²) in [6.07, 6.45) is 0.641. The number of carboxylic acid groups (broad SMARTS) is 1. The first kappa shape index (κ1) is 18.6. The third kappa shape index (κ3) is 5.05. The van der Waals surface area contributed by atoms with E-state index in [9.17, 15) is 9.59 Å². The molecular weight excluding hydrogens is 302 g/mol. The van der Waals surface area contributed by atoms with Crippen LogP contribution in [0.15, 0.2) is 18.2 Å². The van der Waals surface area contributed by atoms with Crippen molar-refractivity contribution >= 4 is 11.9 Å². The van der Waals surface area contributed by atoms with Gasteiger partial charge in [0.2, 0.25) is 5.75 Å². The summed E-state index contributed by atoms with van der Waals surface area (Å²) in [4.78, 5) is 23.1. The Bertz CT molecular complexity index is 545. The minimum absolute atomic E-state index is 0.178. The van der Waals surface area contributed by atoms with Gasteiger partial charge in [0, 0.05) is 0 Å². The number of benzene rings is 1. The number of carboxylic acids is 1. The zero-order chi connectivity index (χ0) is 17.4. The van der Waals surface area contributed by atoms with Crippen LogP contribution in [0.25, 0.3) is 0 Å². The highest BCUT2D eigenvalue weighted by Crippen LogP contribution is 2.36. The van der Waals surface area contributed by atoms with Gasteiger partial charge in [-0.1, -0.05) is 26.3 Å². The van der Waals surface area contributed by atoms with Crippen molar-refractivity contribution in [2.24, 2.45) is 5.92 Å². The zero-order valence-corrected chi connectivity index (χ0v) is 13.8. The van der Waals surface area contributed by atoms with E-state index in [2.05, 4.69) is 5.32 Å². The first-order valence-corrected chi connectivity index (χ1v) is 7.30. The van der Waals surface area contributed by atoms with Gasteiger partial charge in [-0.05, 0) is 18.1 Å². The highest BCUT2D eigenvalue weighted by molar-refractivity contribution is 5.84. The van der Waals surface area contributed by atoms with Crippen molar-refractivity contribution in [3.05, 3.63) is 18.2 Å². The molecule has 7 nitrogen and oxygen atoms in total. The summed E-state index contributed by atoms with van der Waals surface area (Å²) in [5, 5.41) is 11.6. The van der Waals surface area contributed by atoms with E-state index in [1.807, 2.05) is 6.92 Å². The van der Waals surface area contributed by atoms with Gasteiger partial charge in [0.1, 0.15) is 6.04 Å². The summed E-state index contributed by atoms with van der Waals surface area (Å²) in [6.45, 7) is 3.32. The minimum Gasteiger partial charge on any atom is -0.493 e. The molecule has 0 radical (unpaired) electrons. The number of rotatable bonds is 9. The third-order valence-electron chi connectivity index (χ3n) is 3.52. The summed E-state index contributed by atoms with van der Waals surface area (Å²) in [5.41, 5.74) is 0. The number of aliphatic carboxylic acids is 1. The van der Waals surface area contributed by atoms with Crippen LogP contribution >= 0.6 is 0 Å². The molecule has 2 unspecified atom stereocenters. The van der Waals surface area contributed by atoms with Crippen molar-refractivity contribution in [1.29, 1.82) is 0 Å². The van der Waals surface area contributed by atoms with Gasteiger partial charge in [0.15, 0.2) is 18.1 Å². The molecule has 1 rings (SSSR count). The van der Waals surface area contributed by atoms with Gasteiger partial charge in [-0.2, -0.15) is 0 Å². The number of carbonyl (C=O) groups is 2. The number of methoxy groups -OCH3 is 2. The van der Waals surface area contributed by atoms with Crippen LogP contribution in [0.5, 0.6) is 17.2 Å². The van der Waals surface area contributed by atoms with Crippen LogP contribution < -0.4 is 19.5 Å². The number of hydrogen-bond donors (Lipinski definition) is 2. The van der Waals surface area contributed by atoms with E-state index >= 15 is 0 Å². The van der Waals surface area contributed by atoms with E-state index in [1.165, 1.54) is 14.2 Å². The molecule has 0 aromatic heterocycles. The lowest BCUT2D eigenvalue weighted by atomic mass is 9.99. The van der Waals surface area contributed by atoms with Crippen LogP contribution in [-0.2, 0) is 9.59 Å². The van der Waals surface area contributed by atoms with Crippen molar-refractivity contribution in [2.75, 3.05) is 20.8 Å². The lowest BCUT2D eigenvalue weighted by Crippen LogP contribution is -2.46. The zero-order valence-electron chi connectivity index (χ0n) is 13.8. The average Bonchev–Trinajstić information content (AvgIpc) is 2.56. The van der Waals surface area contributed by atoms with Crippen LogP contribution in [0.1, 0.15) is 20.3 Å². The molecule has 0 heterocycles. The average molecular weight is 325 g/mol. The molecule has 0 fully saturated rings. The first-order chi connectivity index (χ1) is 10.9. The quantitative estimate of drug-likeness (QED) is 0.718. The summed E-state index contributed by atoms with van der Waals surface area (Å²) in [5.74, 6) is -0.553. The minimum atomic E-state index is -1.06. The van der Waals surface area contributed by atoms with E-state index in [1.54, 1.807) is 25.1 Å². The molecule has 23 heavy (non-hydrogen) atoms. The Hall–Kier alpha value is -2.44. The number of carbonyl (C=O) groups excluding carboxylic acids is 1. The second kappa shape index (κ2) is 8.87. The number of amides is 1. The molecule has 0 spiro atoms. The molecule has 0 aliphatic rings. The molecule has 7 heteroatoms. The van der Waals surface area contributed by atoms with E-state index < -0.39 is 17.9 Å². The van der Waals surface area contributed by atoms with Crippen LogP contribution in [0.3, 0.4) is 0 Å². The van der Waals surface area contributed by atoms with Crippen LogP contribution in [0, 0.1) is 5.92 Å². The second-order valence-corrected chi connectivity index (χ2v) is 5.05. The standard InChI is InChI=1S/C16H23NO6/c1-5-10(2)14(16(19)20)17-13(18)9-23-12-8-6-7-11(21-3)15(12)22-4/h6-8,10,14H,5,9H2,1-4H3,(H,17,18)(H,19,20). The van der Waals surface area contributed by atoms with Crippen molar-refractivity contribution < 1.29 is 28.9 Å². The van der Waals surface area contributed by atoms with Gasteiger partial charge in [-0.15, -0.1) is 0 Å². The fraction of sp³-hybridized carbons (Fsp3) is 0.500. The van der Waals surface area contributed by atoms with E-state index in [4.69, 9.17) is 19.3 Å². The van der Waals surface area contributed by atoms with E-state index in [0.717, 1.165) is 0 Å². The SMILES string of the molecule is CCC(C)C(NC(=O)COc1cccc(OC)c1OC)C(=O)O. The van der Waals surface area contributed by atoms with Crippen molar-refractivity contribution in [1.82, 2.24) is 5.32 Å². The first-order valence-electron chi connectivity index (χ1n) is 7.30. The molecule has 0 bridgehead atoms. The molecule has 1 aromatic carbocycles. The largest absolute Gasteiger partial charge is 0.493 e. The third-order valence-corrected chi connectivity index (χ3v) is 3.52. The van der Waals surface area contributed by atoms with Crippen LogP contribution in [0.4, 0.5) is 0 Å². The summed E-state index contributed by atoms with van der Waals surface area (Å²) in [7, 11) is 2.96. The van der Waals surface area contributed by atoms with Gasteiger partial charge in [-0.3, -0.25) is 4.79 Å². The molecule has 128 valence electrons. The Morgan fingerprint density at radius 3 is 2.39 bits per heavy atom. The van der Waals surface area contributed by atoms with Crippen molar-refractivity contribution in [3.63, 3.8) is 0 Å². The van der Waals surface area contributed by atoms with Crippen LogP contribution in [-0.4, -0.2) is 43.9 Å². The molecule has 0 aliphatic heterocycles. The smallest absolute Gasteiger partial charge is 0.326 e. The van der Waals surface area contributed by atoms with E-state index in [0.29, 0.717) is 23.7 Å². The Morgan fingerprint density at radius 1 is 1.22 bits per heavy atom. The fourth-order valence-electron chi connectivity index (χ4n) is 2.01. The molecule has 1 amide bonds. The predicted molar refractivity (Wildman–Crippen MR) is 84.1 cm³/mol. The van der Waals surface area contributed by atoms with Crippen LogP contribution in [0.2, 0.25) is 0 Å². The molecule has 2 atom stereocenters. The van der Waals surface area contributed by atoms with Gasteiger partial charge in [-0.25, -0.2) is 4.79 Å². The Labute approximate surface area is 135 Å². The molecule has 0 aliphatic carbocycles. The number of hydrogen-bond acceptors (Lipinski definition) is 5. The normalized spacial score (nSPS) is 12.9. The Balaban J connectivity index is 2.71. The van der Waals surface area contributed by atoms with Gasteiger partial charge >= 0.3 is 5.97 Å². The highest BCUT2D eigenvalue weighted by atomic mass is 16.5. The predicted octanol–water partition coefficient (Wildman–Crippen LogP) is 1.70. The Morgan fingerprint density at radius 2 is 1.87 bits per heavy atom. The number of nitrogens with one attached hydrogen (secondary N) is 1. The van der Waals surface area contributed by atoms with Gasteiger partial charge in [0.25, 0.3) is 5.91 Å². The maximum atomic E-state index is 11.9. The second-order valence-electron chi connectivity index (χ2n) is 5.05. The monoisotopic (exact) mass is 325 g/mol. The molecular formula is C16H23NO6. The molecule has 1 aromatic rings. The number of ether oxygens (including phenoxy) is 3. The lowest BCUT2D eigenvalue weighted by Gasteiger charge is -2.20. The summed E-state index contributed by atoms with van der Waals surface area (Å²) in [6, 6.07) is 4.10. The Kier molecular flexibility index (Phi) is 7.18. The fourth-order valence-corrected chi connectivity index (χ4v) is 2.01. The molecule has 0 saturated heterocycles. The van der Waals surface area contributed by atoms with Crippen molar-refractivity contribution in [2.45, 2.75) is 26.3 Å². The topological polar surface area (TPSA) is 94.1 Å². The maximum absolute atomic E-state index is 11.9. The van der Waals surface area contributed by atoms with E-state index in [-0.39, 0.29) is 12.5 Å². The summed E-state index contributed by atoms with van der Waals surface area (Å²) < 4.78 is 15.8. The van der Waals surface area contributed by atoms with Gasteiger partial charge in [0.05, 0.1) is 14.2 Å². The molecule has 0 saturated carbocycles. The van der Waals surface area contributed by atoms with Gasteiger partial charge < -0.3 is 24.6 Å². The maximum Gasteiger partial charge on any atom is 0.326 e. The number of para-hydroxylation sites is 1. The summed E-state index contributed by atoms with van der Waals surface area (Å²) >= 11 is 0.